The van der Waals surface area contributed by atoms with E-state index in [0.29, 0.717) is 26.4 Å². The van der Waals surface area contributed by atoms with E-state index >= 15 is 0 Å². The molecule has 1 amide bonds. The molecule has 0 radical (unpaired) electrons. The Bertz CT molecular complexity index is 1120. The number of carbonyl (C=O) groups is 1. The molecule has 2 aromatic heterocycles. The van der Waals surface area contributed by atoms with Gasteiger partial charge in [-0.25, -0.2) is 4.68 Å². The molecule has 0 saturated heterocycles. The quantitative estimate of drug-likeness (QED) is 0.576. The van der Waals surface area contributed by atoms with Crippen LogP contribution in [0.1, 0.15) is 39.3 Å². The largest absolute Gasteiger partial charge is 0.470 e. The molecule has 0 saturated carbocycles. The molecule has 1 aromatic carbocycles. The SMILES string of the molecule is N#Cc1c(NC(=O)c2ccn(COc3cccc(Cl)c3Cl)n2)sc2c1CCCC2. The Morgan fingerprint density at radius 2 is 2.14 bits per heavy atom. The number of nitrogens with one attached hydrogen (secondary N) is 1. The zero-order valence-corrected chi connectivity index (χ0v) is 17.6. The molecular weight excluding hydrogens is 431 g/mol. The van der Waals surface area contributed by atoms with Crippen molar-refractivity contribution < 1.29 is 9.53 Å². The van der Waals surface area contributed by atoms with Gasteiger partial charge < -0.3 is 10.1 Å². The summed E-state index contributed by atoms with van der Waals surface area (Å²) in [6.07, 6.45) is 5.68. The van der Waals surface area contributed by atoms with Crippen molar-refractivity contribution in [1.29, 1.82) is 5.26 Å². The number of nitriles is 1. The maximum Gasteiger partial charge on any atom is 0.276 e. The van der Waals surface area contributed by atoms with E-state index in [1.165, 1.54) is 20.9 Å². The van der Waals surface area contributed by atoms with E-state index in [9.17, 15) is 10.1 Å². The van der Waals surface area contributed by atoms with Crippen LogP contribution in [0.2, 0.25) is 10.0 Å². The molecule has 0 fully saturated rings. The minimum atomic E-state index is -0.361. The standard InChI is InChI=1S/C20H16Cl2N4O2S/c21-14-5-3-6-16(18(14)22)28-11-26-9-8-15(25-26)19(27)24-20-13(10-23)12-4-1-2-7-17(12)29-20/h3,5-6,8-9H,1-2,4,7,11H2,(H,24,27). The maximum atomic E-state index is 12.6. The van der Waals surface area contributed by atoms with Crippen molar-refractivity contribution in [2.75, 3.05) is 5.32 Å². The topological polar surface area (TPSA) is 79.9 Å². The first-order chi connectivity index (χ1) is 14.1. The number of nitrogens with zero attached hydrogens (tertiary/aromatic N) is 3. The summed E-state index contributed by atoms with van der Waals surface area (Å²) in [6.45, 7) is 0.0735. The Morgan fingerprint density at radius 3 is 2.97 bits per heavy atom. The lowest BCUT2D eigenvalue weighted by atomic mass is 9.96. The van der Waals surface area contributed by atoms with E-state index in [0.717, 1.165) is 31.2 Å². The fourth-order valence-electron chi connectivity index (χ4n) is 3.23. The lowest BCUT2D eigenvalue weighted by molar-refractivity contribution is 0.102. The minimum absolute atomic E-state index is 0.0735. The van der Waals surface area contributed by atoms with Gasteiger partial charge in [0.05, 0.1) is 10.6 Å². The number of halogens is 2. The molecule has 1 aliphatic rings. The highest BCUT2D eigenvalue weighted by Gasteiger charge is 2.22. The molecule has 1 aliphatic carbocycles. The van der Waals surface area contributed by atoms with Crippen molar-refractivity contribution in [2.45, 2.75) is 32.4 Å². The van der Waals surface area contributed by atoms with Crippen LogP contribution in [0.4, 0.5) is 5.00 Å². The molecule has 29 heavy (non-hydrogen) atoms. The molecular formula is C20H16Cl2N4O2S. The molecule has 4 rings (SSSR count). The fourth-order valence-corrected chi connectivity index (χ4v) is 4.81. The van der Waals surface area contributed by atoms with Gasteiger partial charge in [0.15, 0.2) is 12.4 Å². The van der Waals surface area contributed by atoms with Gasteiger partial charge in [-0.3, -0.25) is 4.79 Å². The average Bonchev–Trinajstić information content (AvgIpc) is 3.33. The second kappa shape index (κ2) is 8.46. The number of thiophene rings is 1. The zero-order chi connectivity index (χ0) is 20.4. The third-order valence-electron chi connectivity index (χ3n) is 4.65. The van der Waals surface area contributed by atoms with E-state index in [1.54, 1.807) is 30.5 Å². The third-order valence-corrected chi connectivity index (χ3v) is 6.66. The maximum absolute atomic E-state index is 12.6. The summed E-state index contributed by atoms with van der Waals surface area (Å²) in [5.74, 6) is 0.0723. The summed E-state index contributed by atoms with van der Waals surface area (Å²) in [4.78, 5) is 13.8. The molecule has 0 bridgehead atoms. The van der Waals surface area contributed by atoms with Crippen LogP contribution in [0, 0.1) is 11.3 Å². The minimum Gasteiger partial charge on any atom is -0.470 e. The van der Waals surface area contributed by atoms with Crippen LogP contribution >= 0.6 is 34.5 Å². The number of amides is 1. The van der Waals surface area contributed by atoms with Gasteiger partial charge in [0.2, 0.25) is 0 Å². The highest BCUT2D eigenvalue weighted by Crippen LogP contribution is 2.37. The summed E-state index contributed by atoms with van der Waals surface area (Å²) in [5.41, 5.74) is 1.90. The molecule has 0 spiro atoms. The number of aryl methyl sites for hydroxylation is 1. The summed E-state index contributed by atoms with van der Waals surface area (Å²) in [6, 6.07) is 8.94. The number of carbonyl (C=O) groups excluding carboxylic acids is 1. The summed E-state index contributed by atoms with van der Waals surface area (Å²) in [7, 11) is 0. The zero-order valence-electron chi connectivity index (χ0n) is 15.2. The van der Waals surface area contributed by atoms with Crippen molar-refractivity contribution in [3.05, 3.63) is 62.2 Å². The first-order valence-electron chi connectivity index (χ1n) is 9.03. The number of ether oxygens (including phenoxy) is 1. The molecule has 3 aromatic rings. The molecule has 0 unspecified atom stereocenters. The van der Waals surface area contributed by atoms with Crippen molar-refractivity contribution in [3.8, 4) is 11.8 Å². The Hall–Kier alpha value is -2.53. The number of hydrogen-bond acceptors (Lipinski definition) is 5. The first-order valence-corrected chi connectivity index (χ1v) is 10.6. The number of rotatable bonds is 5. The van der Waals surface area contributed by atoms with Crippen LogP contribution in [0.3, 0.4) is 0 Å². The lowest BCUT2D eigenvalue weighted by Gasteiger charge is -2.09. The van der Waals surface area contributed by atoms with E-state index in [1.807, 2.05) is 0 Å². The van der Waals surface area contributed by atoms with Crippen LogP contribution < -0.4 is 10.1 Å². The Kier molecular flexibility index (Phi) is 5.76. The predicted octanol–water partition coefficient (Wildman–Crippen LogP) is 5.29. The van der Waals surface area contributed by atoms with Crippen molar-refractivity contribution in [2.24, 2.45) is 0 Å². The molecule has 6 nitrogen and oxygen atoms in total. The molecule has 0 aliphatic heterocycles. The molecule has 0 atom stereocenters. The van der Waals surface area contributed by atoms with E-state index in [2.05, 4.69) is 16.5 Å². The summed E-state index contributed by atoms with van der Waals surface area (Å²) >= 11 is 13.6. The van der Waals surface area contributed by atoms with Gasteiger partial charge in [-0.05, 0) is 49.4 Å². The van der Waals surface area contributed by atoms with E-state index in [-0.39, 0.29) is 18.3 Å². The number of fused-ring (bicyclic) bond motifs is 1. The molecule has 2 heterocycles. The second-order valence-electron chi connectivity index (χ2n) is 6.55. The van der Waals surface area contributed by atoms with Gasteiger partial charge in [0.1, 0.15) is 21.8 Å². The fraction of sp³-hybridized carbons (Fsp3) is 0.250. The van der Waals surface area contributed by atoms with E-state index in [4.69, 9.17) is 27.9 Å². The van der Waals surface area contributed by atoms with Crippen LogP contribution in [0.5, 0.6) is 5.75 Å². The van der Waals surface area contributed by atoms with Crippen LogP contribution in [0.15, 0.2) is 30.5 Å². The smallest absolute Gasteiger partial charge is 0.276 e. The third kappa shape index (κ3) is 4.10. The van der Waals surface area contributed by atoms with Gasteiger partial charge in [0.25, 0.3) is 5.91 Å². The average molecular weight is 447 g/mol. The predicted molar refractivity (Wildman–Crippen MR) is 113 cm³/mol. The van der Waals surface area contributed by atoms with Gasteiger partial charge in [-0.1, -0.05) is 29.3 Å². The molecule has 9 heteroatoms. The normalized spacial score (nSPS) is 12.9. The van der Waals surface area contributed by atoms with Gasteiger partial charge in [-0.15, -0.1) is 11.3 Å². The number of benzene rings is 1. The van der Waals surface area contributed by atoms with E-state index < -0.39 is 0 Å². The summed E-state index contributed by atoms with van der Waals surface area (Å²) in [5, 5.41) is 17.9. The van der Waals surface area contributed by atoms with Gasteiger partial charge >= 0.3 is 0 Å². The Balaban J connectivity index is 1.45. The molecule has 148 valence electrons. The Morgan fingerprint density at radius 1 is 1.31 bits per heavy atom. The van der Waals surface area contributed by atoms with Gasteiger partial charge in [0, 0.05) is 11.1 Å². The number of anilines is 1. The van der Waals surface area contributed by atoms with Crippen LogP contribution in [-0.2, 0) is 19.6 Å². The highest BCUT2D eigenvalue weighted by atomic mass is 35.5. The van der Waals surface area contributed by atoms with Crippen molar-refractivity contribution in [1.82, 2.24) is 9.78 Å². The Labute approximate surface area is 181 Å². The van der Waals surface area contributed by atoms with Gasteiger partial charge in [-0.2, -0.15) is 10.4 Å². The van der Waals surface area contributed by atoms with Crippen molar-refractivity contribution in [3.63, 3.8) is 0 Å². The summed E-state index contributed by atoms with van der Waals surface area (Å²) < 4.78 is 7.10. The lowest BCUT2D eigenvalue weighted by Crippen LogP contribution is -2.14. The second-order valence-corrected chi connectivity index (χ2v) is 8.44. The van der Waals surface area contributed by atoms with Crippen LogP contribution in [-0.4, -0.2) is 15.7 Å². The van der Waals surface area contributed by atoms with Crippen molar-refractivity contribution >= 4 is 45.4 Å². The first kappa shape index (κ1) is 19.8. The molecule has 1 N–H and O–H groups in total. The number of hydrogen-bond donors (Lipinski definition) is 1. The highest BCUT2D eigenvalue weighted by molar-refractivity contribution is 7.16. The monoisotopic (exact) mass is 446 g/mol. The number of aromatic nitrogens is 2. The van der Waals surface area contributed by atoms with Crippen LogP contribution in [0.25, 0.3) is 0 Å².